The van der Waals surface area contributed by atoms with Gasteiger partial charge in [-0.3, -0.25) is 14.3 Å². The molecule has 16 heavy (non-hydrogen) atoms. The number of hydrogen-bond acceptors (Lipinski definition) is 3. The summed E-state index contributed by atoms with van der Waals surface area (Å²) >= 11 is 0. The lowest BCUT2D eigenvalue weighted by Crippen LogP contribution is -2.33. The molecule has 2 N–H and O–H groups in total. The molecule has 1 aromatic heterocycles. The second-order valence-electron chi connectivity index (χ2n) is 4.58. The highest BCUT2D eigenvalue weighted by Gasteiger charge is 2.22. The SMILES string of the molecule is CC1CCC(n2c(O)cc(=O)[nH]c2=O)CC1. The minimum atomic E-state index is -0.553. The Morgan fingerprint density at radius 3 is 2.50 bits per heavy atom. The van der Waals surface area contributed by atoms with Gasteiger partial charge in [0.05, 0.1) is 6.07 Å². The van der Waals surface area contributed by atoms with Crippen molar-refractivity contribution in [3.8, 4) is 5.88 Å². The summed E-state index contributed by atoms with van der Waals surface area (Å²) in [5, 5.41) is 9.63. The number of aromatic nitrogens is 2. The molecule has 0 aromatic carbocycles. The van der Waals surface area contributed by atoms with Gasteiger partial charge in [0.2, 0.25) is 5.88 Å². The Morgan fingerprint density at radius 1 is 1.31 bits per heavy atom. The highest BCUT2D eigenvalue weighted by molar-refractivity contribution is 5.07. The van der Waals surface area contributed by atoms with Crippen molar-refractivity contribution in [3.05, 3.63) is 26.9 Å². The van der Waals surface area contributed by atoms with Gasteiger partial charge in [-0.25, -0.2) is 4.79 Å². The van der Waals surface area contributed by atoms with E-state index in [0.29, 0.717) is 5.92 Å². The van der Waals surface area contributed by atoms with E-state index >= 15 is 0 Å². The minimum Gasteiger partial charge on any atom is -0.494 e. The van der Waals surface area contributed by atoms with Crippen LogP contribution in [0.5, 0.6) is 5.88 Å². The molecule has 1 aliphatic rings. The average molecular weight is 224 g/mol. The van der Waals surface area contributed by atoms with Crippen LogP contribution in [0, 0.1) is 5.92 Å². The Hall–Kier alpha value is -1.52. The van der Waals surface area contributed by atoms with Crippen molar-refractivity contribution in [2.45, 2.75) is 38.6 Å². The molecule has 0 amide bonds. The van der Waals surface area contributed by atoms with Crippen LogP contribution in [0.2, 0.25) is 0 Å². The van der Waals surface area contributed by atoms with Crippen molar-refractivity contribution in [1.29, 1.82) is 0 Å². The molecule has 0 spiro atoms. The largest absolute Gasteiger partial charge is 0.494 e. The number of rotatable bonds is 1. The van der Waals surface area contributed by atoms with E-state index in [1.165, 1.54) is 4.57 Å². The van der Waals surface area contributed by atoms with Gasteiger partial charge in [0.15, 0.2) is 0 Å². The van der Waals surface area contributed by atoms with Crippen molar-refractivity contribution < 1.29 is 5.11 Å². The molecule has 88 valence electrons. The number of aromatic amines is 1. The molecule has 1 saturated carbocycles. The highest BCUT2D eigenvalue weighted by atomic mass is 16.3. The van der Waals surface area contributed by atoms with Crippen LogP contribution in [0.1, 0.15) is 38.6 Å². The third kappa shape index (κ3) is 2.03. The third-order valence-electron chi connectivity index (χ3n) is 3.31. The smallest absolute Gasteiger partial charge is 0.331 e. The van der Waals surface area contributed by atoms with Gasteiger partial charge in [-0.15, -0.1) is 0 Å². The van der Waals surface area contributed by atoms with Crippen molar-refractivity contribution in [2.24, 2.45) is 5.92 Å². The molecule has 0 unspecified atom stereocenters. The maximum Gasteiger partial charge on any atom is 0.331 e. The fourth-order valence-corrected chi connectivity index (χ4v) is 2.35. The standard InChI is InChI=1S/C11H16N2O3/c1-7-2-4-8(5-3-7)13-10(15)6-9(14)12-11(13)16/h6-8,15H,2-5H2,1H3,(H,12,14,16). The van der Waals surface area contributed by atoms with Gasteiger partial charge >= 0.3 is 5.69 Å². The summed E-state index contributed by atoms with van der Waals surface area (Å²) in [5.74, 6) is 0.449. The van der Waals surface area contributed by atoms with E-state index in [4.69, 9.17) is 0 Å². The number of nitrogens with one attached hydrogen (secondary N) is 1. The van der Waals surface area contributed by atoms with Crippen LogP contribution >= 0.6 is 0 Å². The summed E-state index contributed by atoms with van der Waals surface area (Å²) in [4.78, 5) is 24.7. The Bertz CT molecular complexity index is 481. The zero-order valence-corrected chi connectivity index (χ0v) is 9.27. The molecule has 1 fully saturated rings. The maximum absolute atomic E-state index is 11.6. The van der Waals surface area contributed by atoms with Gasteiger partial charge in [0.1, 0.15) is 0 Å². The monoisotopic (exact) mass is 224 g/mol. The molecule has 0 saturated heterocycles. The molecule has 2 rings (SSSR count). The fraction of sp³-hybridized carbons (Fsp3) is 0.636. The van der Waals surface area contributed by atoms with Crippen molar-refractivity contribution >= 4 is 0 Å². The lowest BCUT2D eigenvalue weighted by atomic mass is 9.87. The van der Waals surface area contributed by atoms with Gasteiger partial charge in [-0.05, 0) is 31.6 Å². The van der Waals surface area contributed by atoms with E-state index in [1.807, 2.05) is 0 Å². The molecule has 0 bridgehead atoms. The summed E-state index contributed by atoms with van der Waals surface area (Å²) in [6.07, 6.45) is 3.85. The molecule has 1 heterocycles. The Balaban J connectivity index is 2.34. The van der Waals surface area contributed by atoms with E-state index in [-0.39, 0.29) is 11.9 Å². The van der Waals surface area contributed by atoms with Gasteiger partial charge in [-0.1, -0.05) is 6.92 Å². The van der Waals surface area contributed by atoms with E-state index in [0.717, 1.165) is 31.7 Å². The lowest BCUT2D eigenvalue weighted by Gasteiger charge is -2.27. The van der Waals surface area contributed by atoms with Gasteiger partial charge < -0.3 is 5.11 Å². The van der Waals surface area contributed by atoms with E-state index in [1.54, 1.807) is 0 Å². The first kappa shape index (κ1) is 11.0. The lowest BCUT2D eigenvalue weighted by molar-refractivity contribution is 0.259. The molecule has 1 aromatic rings. The van der Waals surface area contributed by atoms with Crippen molar-refractivity contribution in [2.75, 3.05) is 0 Å². The number of hydrogen-bond donors (Lipinski definition) is 2. The van der Waals surface area contributed by atoms with Crippen LogP contribution in [0.3, 0.4) is 0 Å². The zero-order valence-electron chi connectivity index (χ0n) is 9.27. The topological polar surface area (TPSA) is 75.1 Å². The van der Waals surface area contributed by atoms with Crippen LogP contribution in [-0.2, 0) is 0 Å². The first-order valence-electron chi connectivity index (χ1n) is 5.62. The molecular weight excluding hydrogens is 208 g/mol. The Labute approximate surface area is 92.7 Å². The summed E-state index contributed by atoms with van der Waals surface area (Å²) in [5.41, 5.74) is -1.06. The number of aromatic hydroxyl groups is 1. The molecule has 0 radical (unpaired) electrons. The van der Waals surface area contributed by atoms with Gasteiger partial charge in [0, 0.05) is 6.04 Å². The first-order chi connectivity index (χ1) is 7.58. The van der Waals surface area contributed by atoms with E-state index in [9.17, 15) is 14.7 Å². The summed E-state index contributed by atoms with van der Waals surface area (Å²) in [6, 6.07) is 1.07. The summed E-state index contributed by atoms with van der Waals surface area (Å²) in [7, 11) is 0. The van der Waals surface area contributed by atoms with Gasteiger partial charge in [-0.2, -0.15) is 0 Å². The number of nitrogens with zero attached hydrogens (tertiary/aromatic N) is 1. The quantitative estimate of drug-likeness (QED) is 0.747. The summed E-state index contributed by atoms with van der Waals surface area (Å²) in [6.45, 7) is 2.19. The normalized spacial score (nSPS) is 25.6. The Morgan fingerprint density at radius 2 is 1.94 bits per heavy atom. The predicted molar refractivity (Wildman–Crippen MR) is 59.7 cm³/mol. The fourth-order valence-electron chi connectivity index (χ4n) is 2.35. The summed E-state index contributed by atoms with van der Waals surface area (Å²) < 4.78 is 1.30. The molecule has 1 aliphatic carbocycles. The molecule has 5 heteroatoms. The number of H-pyrrole nitrogens is 1. The van der Waals surface area contributed by atoms with Crippen molar-refractivity contribution in [3.63, 3.8) is 0 Å². The van der Waals surface area contributed by atoms with Crippen LogP contribution in [0.25, 0.3) is 0 Å². The van der Waals surface area contributed by atoms with E-state index in [2.05, 4.69) is 11.9 Å². The molecule has 0 atom stereocenters. The average Bonchev–Trinajstić information content (AvgIpc) is 2.19. The third-order valence-corrected chi connectivity index (χ3v) is 3.31. The van der Waals surface area contributed by atoms with E-state index < -0.39 is 11.2 Å². The maximum atomic E-state index is 11.6. The Kier molecular flexibility index (Phi) is 2.85. The minimum absolute atomic E-state index is 0.0144. The van der Waals surface area contributed by atoms with Crippen molar-refractivity contribution in [1.82, 2.24) is 9.55 Å². The van der Waals surface area contributed by atoms with Gasteiger partial charge in [0.25, 0.3) is 5.56 Å². The second kappa shape index (κ2) is 4.15. The predicted octanol–water partition coefficient (Wildman–Crippen LogP) is 0.993. The second-order valence-corrected chi connectivity index (χ2v) is 4.58. The zero-order chi connectivity index (χ0) is 11.7. The molecular formula is C11H16N2O3. The van der Waals surface area contributed by atoms with Crippen LogP contribution in [0.4, 0.5) is 0 Å². The first-order valence-corrected chi connectivity index (χ1v) is 5.62. The van der Waals surface area contributed by atoms with Crippen LogP contribution < -0.4 is 11.2 Å². The van der Waals surface area contributed by atoms with Crippen LogP contribution in [0.15, 0.2) is 15.7 Å². The van der Waals surface area contributed by atoms with Crippen LogP contribution in [-0.4, -0.2) is 14.7 Å². The highest BCUT2D eigenvalue weighted by Crippen LogP contribution is 2.32. The molecule has 0 aliphatic heterocycles. The molecule has 5 nitrogen and oxygen atoms in total.